The van der Waals surface area contributed by atoms with Gasteiger partial charge in [-0.25, -0.2) is 0 Å². The number of nitrogens with one attached hydrogen (secondary N) is 2. The molecule has 0 fully saturated rings. The van der Waals surface area contributed by atoms with E-state index in [1.165, 1.54) is 0 Å². The van der Waals surface area contributed by atoms with Crippen LogP contribution in [0.4, 0.5) is 5.69 Å². The van der Waals surface area contributed by atoms with E-state index in [1.807, 2.05) is 31.2 Å². The molecule has 156 valence electrons. The van der Waals surface area contributed by atoms with E-state index in [4.69, 9.17) is 9.47 Å². The van der Waals surface area contributed by atoms with Crippen molar-refractivity contribution in [2.45, 2.75) is 40.0 Å². The first-order valence-corrected chi connectivity index (χ1v) is 9.51. The zero-order chi connectivity index (χ0) is 19.3. The van der Waals surface area contributed by atoms with Gasteiger partial charge in [0, 0.05) is 43.9 Å². The molecule has 27 heavy (non-hydrogen) atoms. The first-order chi connectivity index (χ1) is 12.6. The standard InChI is InChI=1S/C20H35N3O3.HI/c1-5-20(6-2,16-24)15-22-19(21-7-3)23-17-10-8-11-18(14-17)26-13-9-12-25-4;/h8,10-11,14,24H,5-7,9,12-13,15-16H2,1-4H3,(H2,21,22,23);1H. The van der Waals surface area contributed by atoms with Crippen LogP contribution in [-0.4, -0.2) is 51.1 Å². The molecule has 0 saturated heterocycles. The summed E-state index contributed by atoms with van der Waals surface area (Å²) in [5.74, 6) is 1.53. The Labute approximate surface area is 181 Å². The van der Waals surface area contributed by atoms with Gasteiger partial charge < -0.3 is 25.2 Å². The van der Waals surface area contributed by atoms with E-state index >= 15 is 0 Å². The van der Waals surface area contributed by atoms with Crippen LogP contribution in [0, 0.1) is 5.41 Å². The maximum absolute atomic E-state index is 9.73. The van der Waals surface area contributed by atoms with Crippen LogP contribution < -0.4 is 15.4 Å². The highest BCUT2D eigenvalue weighted by Crippen LogP contribution is 2.26. The van der Waals surface area contributed by atoms with Gasteiger partial charge >= 0.3 is 0 Å². The second-order valence-electron chi connectivity index (χ2n) is 6.41. The van der Waals surface area contributed by atoms with Crippen molar-refractivity contribution >= 4 is 35.6 Å². The Morgan fingerprint density at radius 1 is 1.19 bits per heavy atom. The number of ether oxygens (including phenoxy) is 2. The highest BCUT2D eigenvalue weighted by Gasteiger charge is 2.25. The smallest absolute Gasteiger partial charge is 0.195 e. The van der Waals surface area contributed by atoms with E-state index in [0.29, 0.717) is 25.7 Å². The average molecular weight is 493 g/mol. The Hall–Kier alpha value is -1.06. The van der Waals surface area contributed by atoms with Crippen LogP contribution in [0.2, 0.25) is 0 Å². The first kappa shape index (κ1) is 25.9. The zero-order valence-electron chi connectivity index (χ0n) is 17.1. The van der Waals surface area contributed by atoms with Crippen LogP contribution in [-0.2, 0) is 4.74 Å². The molecule has 0 bridgehead atoms. The number of halogens is 1. The van der Waals surface area contributed by atoms with E-state index in [0.717, 1.165) is 37.2 Å². The summed E-state index contributed by atoms with van der Waals surface area (Å²) in [6, 6.07) is 7.83. The molecule has 3 N–H and O–H groups in total. The molecule has 1 aromatic carbocycles. The van der Waals surface area contributed by atoms with Crippen molar-refractivity contribution in [3.63, 3.8) is 0 Å². The molecule has 0 atom stereocenters. The molecule has 0 aliphatic heterocycles. The molecule has 0 aliphatic carbocycles. The Morgan fingerprint density at radius 2 is 1.93 bits per heavy atom. The Kier molecular flexibility index (Phi) is 14.3. The van der Waals surface area contributed by atoms with Crippen LogP contribution in [0.1, 0.15) is 40.0 Å². The fourth-order valence-corrected chi connectivity index (χ4v) is 2.49. The predicted octanol–water partition coefficient (Wildman–Crippen LogP) is 3.90. The van der Waals surface area contributed by atoms with Gasteiger partial charge in [0.2, 0.25) is 0 Å². The molecule has 0 saturated carbocycles. The van der Waals surface area contributed by atoms with Crippen molar-refractivity contribution in [3.8, 4) is 5.75 Å². The minimum Gasteiger partial charge on any atom is -0.493 e. The topological polar surface area (TPSA) is 75.1 Å². The summed E-state index contributed by atoms with van der Waals surface area (Å²) in [6.07, 6.45) is 2.65. The molecule has 0 aliphatic rings. The van der Waals surface area contributed by atoms with Gasteiger partial charge in [-0.2, -0.15) is 0 Å². The molecule has 6 nitrogen and oxygen atoms in total. The lowest BCUT2D eigenvalue weighted by atomic mass is 9.83. The van der Waals surface area contributed by atoms with Gasteiger partial charge in [0.1, 0.15) is 5.75 Å². The summed E-state index contributed by atoms with van der Waals surface area (Å²) in [7, 11) is 1.69. The Bertz CT molecular complexity index is 529. The van der Waals surface area contributed by atoms with Crippen molar-refractivity contribution in [2.24, 2.45) is 10.4 Å². The molecule has 0 radical (unpaired) electrons. The Morgan fingerprint density at radius 3 is 2.52 bits per heavy atom. The molecule has 7 heteroatoms. The number of anilines is 1. The number of hydrogen-bond donors (Lipinski definition) is 3. The molecule has 0 aromatic heterocycles. The fourth-order valence-electron chi connectivity index (χ4n) is 2.49. The Balaban J connectivity index is 0.00000676. The number of hydrogen-bond acceptors (Lipinski definition) is 4. The summed E-state index contributed by atoms with van der Waals surface area (Å²) < 4.78 is 10.8. The minimum atomic E-state index is -0.158. The molecule has 0 spiro atoms. The summed E-state index contributed by atoms with van der Waals surface area (Å²) in [5.41, 5.74) is 0.755. The number of methoxy groups -OCH3 is 1. The SMILES string of the molecule is CCNC(=NCC(CC)(CC)CO)Nc1cccc(OCCCOC)c1.I. The van der Waals surface area contributed by atoms with Crippen molar-refractivity contribution in [2.75, 3.05) is 45.3 Å². The molecule has 0 heterocycles. The monoisotopic (exact) mass is 493 g/mol. The van der Waals surface area contributed by atoms with E-state index < -0.39 is 0 Å². The third-order valence-corrected chi connectivity index (χ3v) is 4.61. The van der Waals surface area contributed by atoms with E-state index in [9.17, 15) is 5.11 Å². The number of aliphatic imine (C=N–C) groups is 1. The molecule has 1 rings (SSSR count). The van der Waals surface area contributed by atoms with Gasteiger partial charge in [0.15, 0.2) is 5.96 Å². The zero-order valence-corrected chi connectivity index (χ0v) is 19.4. The number of guanidine groups is 1. The van der Waals surface area contributed by atoms with Crippen molar-refractivity contribution in [1.29, 1.82) is 0 Å². The maximum atomic E-state index is 9.73. The summed E-state index contributed by atoms with van der Waals surface area (Å²) in [4.78, 5) is 4.69. The first-order valence-electron chi connectivity index (χ1n) is 9.51. The molecule has 0 amide bonds. The van der Waals surface area contributed by atoms with Crippen LogP contribution in [0.5, 0.6) is 5.75 Å². The minimum absolute atomic E-state index is 0. The highest BCUT2D eigenvalue weighted by molar-refractivity contribution is 14.0. The van der Waals surface area contributed by atoms with Gasteiger partial charge in [-0.15, -0.1) is 24.0 Å². The van der Waals surface area contributed by atoms with Gasteiger partial charge in [-0.05, 0) is 31.9 Å². The van der Waals surface area contributed by atoms with Crippen LogP contribution in [0.25, 0.3) is 0 Å². The maximum Gasteiger partial charge on any atom is 0.195 e. The number of aliphatic hydroxyl groups is 1. The van der Waals surface area contributed by atoms with Gasteiger partial charge in [0.05, 0.1) is 19.8 Å². The summed E-state index contributed by atoms with van der Waals surface area (Å²) in [5, 5.41) is 16.3. The summed E-state index contributed by atoms with van der Waals surface area (Å²) in [6.45, 7) is 9.04. The summed E-state index contributed by atoms with van der Waals surface area (Å²) >= 11 is 0. The lowest BCUT2D eigenvalue weighted by Gasteiger charge is -2.27. The molecular weight excluding hydrogens is 457 g/mol. The molecular formula is C20H36IN3O3. The lowest BCUT2D eigenvalue weighted by Crippen LogP contribution is -2.34. The van der Waals surface area contributed by atoms with Crippen molar-refractivity contribution in [3.05, 3.63) is 24.3 Å². The largest absolute Gasteiger partial charge is 0.493 e. The third kappa shape index (κ3) is 9.62. The second kappa shape index (κ2) is 14.9. The fraction of sp³-hybridized carbons (Fsp3) is 0.650. The highest BCUT2D eigenvalue weighted by atomic mass is 127. The van der Waals surface area contributed by atoms with E-state index in [2.05, 4.69) is 29.5 Å². The lowest BCUT2D eigenvalue weighted by molar-refractivity contribution is 0.123. The number of aliphatic hydroxyl groups excluding tert-OH is 1. The van der Waals surface area contributed by atoms with E-state index in [1.54, 1.807) is 7.11 Å². The average Bonchev–Trinajstić information content (AvgIpc) is 2.67. The normalized spacial score (nSPS) is 11.7. The molecule has 0 unspecified atom stereocenters. The second-order valence-corrected chi connectivity index (χ2v) is 6.41. The van der Waals surface area contributed by atoms with Gasteiger partial charge in [-0.1, -0.05) is 19.9 Å². The van der Waals surface area contributed by atoms with Crippen LogP contribution in [0.3, 0.4) is 0 Å². The number of rotatable bonds is 12. The van der Waals surface area contributed by atoms with Gasteiger partial charge in [-0.3, -0.25) is 4.99 Å². The van der Waals surface area contributed by atoms with Crippen LogP contribution in [0.15, 0.2) is 29.3 Å². The number of nitrogens with zero attached hydrogens (tertiary/aromatic N) is 1. The van der Waals surface area contributed by atoms with Crippen molar-refractivity contribution in [1.82, 2.24) is 5.32 Å². The predicted molar refractivity (Wildman–Crippen MR) is 124 cm³/mol. The van der Waals surface area contributed by atoms with E-state index in [-0.39, 0.29) is 36.0 Å². The number of benzene rings is 1. The third-order valence-electron chi connectivity index (χ3n) is 4.61. The molecule has 1 aromatic rings. The quantitative estimate of drug-likeness (QED) is 0.178. The van der Waals surface area contributed by atoms with Gasteiger partial charge in [0.25, 0.3) is 0 Å². The van der Waals surface area contributed by atoms with Crippen molar-refractivity contribution < 1.29 is 14.6 Å². The van der Waals surface area contributed by atoms with Crippen LogP contribution >= 0.6 is 24.0 Å².